The summed E-state index contributed by atoms with van der Waals surface area (Å²) >= 11 is 0. The summed E-state index contributed by atoms with van der Waals surface area (Å²) in [6.45, 7) is 5.82. The van der Waals surface area contributed by atoms with Crippen molar-refractivity contribution in [2.24, 2.45) is 5.73 Å². The monoisotopic (exact) mass is 549 g/mol. The lowest BCUT2D eigenvalue weighted by Crippen LogP contribution is -2.63. The molecule has 1 rings (SSSR count). The Morgan fingerprint density at radius 3 is 2.16 bits per heavy atom. The van der Waals surface area contributed by atoms with Crippen molar-refractivity contribution in [3.8, 4) is 0 Å². The number of hydrogen-bond donors (Lipinski definition) is 4. The van der Waals surface area contributed by atoms with Crippen LogP contribution in [0.5, 0.6) is 0 Å². The molecule has 5 N–H and O–H groups in total. The second kappa shape index (κ2) is 15.8. The Labute approximate surface area is 220 Å². The summed E-state index contributed by atoms with van der Waals surface area (Å²) in [7, 11) is 0. The number of hydrogen-bond acceptors (Lipinski definition) is 7. The number of nitrogens with one attached hydrogen (secondary N) is 3. The van der Waals surface area contributed by atoms with E-state index in [9.17, 15) is 32.3 Å². The van der Waals surface area contributed by atoms with E-state index in [1.165, 1.54) is 11.8 Å². The number of nitrogens with two attached hydrogens (primary N) is 1. The minimum absolute atomic E-state index is 0.322. The topological polar surface area (TPSA) is 164 Å². The normalized spacial score (nSPS) is 19.0. The number of halogens is 3. The van der Waals surface area contributed by atoms with Crippen LogP contribution in [0.4, 0.5) is 13.2 Å². The third-order valence-electron chi connectivity index (χ3n) is 5.69. The number of carbonyl (C=O) groups excluding carboxylic acids is 4. The average Bonchev–Trinajstić information content (AvgIpc) is 2.82. The first-order valence-corrected chi connectivity index (χ1v) is 12.7. The number of ether oxygens (including phenoxy) is 2. The number of rotatable bonds is 14. The lowest BCUT2D eigenvalue weighted by molar-refractivity contribution is -0.202. The van der Waals surface area contributed by atoms with Gasteiger partial charge in [0.15, 0.2) is 12.1 Å². The van der Waals surface area contributed by atoms with Crippen LogP contribution >= 0.6 is 0 Å². The SMILES string of the molecule is CCCCCCCCCN(CCC)C(=O)[C@@H]1OC(C(=O)OC(=O)C(F)(F)F)=C[C@@H](NC(=N)N)[C@H]1NC(C)=O. The molecule has 0 aromatic carbocycles. The van der Waals surface area contributed by atoms with Crippen LogP contribution < -0.4 is 16.4 Å². The van der Waals surface area contributed by atoms with Crippen LogP contribution in [0, 0.1) is 5.41 Å². The molecule has 0 unspecified atom stereocenters. The molecule has 38 heavy (non-hydrogen) atoms. The minimum atomic E-state index is -5.44. The summed E-state index contributed by atoms with van der Waals surface area (Å²) in [5.74, 6) is -7.23. The molecular weight excluding hydrogens is 511 g/mol. The van der Waals surface area contributed by atoms with Gasteiger partial charge >= 0.3 is 18.1 Å². The molecule has 14 heteroatoms. The Bertz CT molecular complexity index is 880. The van der Waals surface area contributed by atoms with E-state index in [4.69, 9.17) is 15.9 Å². The zero-order valence-electron chi connectivity index (χ0n) is 22.0. The van der Waals surface area contributed by atoms with Crippen LogP contribution in [0.15, 0.2) is 11.8 Å². The first-order valence-electron chi connectivity index (χ1n) is 12.7. The van der Waals surface area contributed by atoms with Crippen molar-refractivity contribution in [1.82, 2.24) is 15.5 Å². The average molecular weight is 550 g/mol. The molecule has 216 valence electrons. The predicted molar refractivity (Wildman–Crippen MR) is 131 cm³/mol. The summed E-state index contributed by atoms with van der Waals surface area (Å²) in [6, 6.07) is -2.41. The first kappa shape index (κ1) is 32.7. The van der Waals surface area contributed by atoms with Crippen LogP contribution in [0.25, 0.3) is 0 Å². The molecule has 3 atom stereocenters. The van der Waals surface area contributed by atoms with Crippen molar-refractivity contribution >= 4 is 29.7 Å². The summed E-state index contributed by atoms with van der Waals surface area (Å²) in [5.41, 5.74) is 5.40. The third kappa shape index (κ3) is 11.0. The Balaban J connectivity index is 3.19. The van der Waals surface area contributed by atoms with Gasteiger partial charge in [-0.2, -0.15) is 13.2 Å². The molecule has 1 heterocycles. The van der Waals surface area contributed by atoms with Crippen LogP contribution in [-0.4, -0.2) is 72.1 Å². The number of guanidine groups is 1. The third-order valence-corrected chi connectivity index (χ3v) is 5.69. The van der Waals surface area contributed by atoms with E-state index in [-0.39, 0.29) is 0 Å². The zero-order valence-corrected chi connectivity index (χ0v) is 22.0. The molecule has 0 aliphatic carbocycles. The van der Waals surface area contributed by atoms with Gasteiger partial charge in [0.1, 0.15) is 0 Å². The van der Waals surface area contributed by atoms with Gasteiger partial charge in [0, 0.05) is 20.0 Å². The van der Waals surface area contributed by atoms with E-state index in [0.29, 0.717) is 25.9 Å². The maximum absolute atomic E-state index is 13.6. The second-order valence-corrected chi connectivity index (χ2v) is 9.00. The Morgan fingerprint density at radius 2 is 1.63 bits per heavy atom. The highest BCUT2D eigenvalue weighted by Crippen LogP contribution is 2.24. The Morgan fingerprint density at radius 1 is 1.03 bits per heavy atom. The maximum Gasteiger partial charge on any atom is 0.491 e. The standard InChI is InChI=1S/C24H38F3N5O6/c1-4-6-7-8-9-10-11-13-32(12-5-2)20(34)19-18(30-15(3)33)16(31-23(28)29)14-17(37-19)21(35)38-22(36)24(25,26)27/h14,16,18-19H,4-13H2,1-3H3,(H,30,33)(H4,28,29,31)/t16-,18-,19-/m1/s1. The number of carbonyl (C=O) groups is 4. The van der Waals surface area contributed by atoms with Crippen LogP contribution in [0.3, 0.4) is 0 Å². The van der Waals surface area contributed by atoms with Crippen molar-refractivity contribution in [2.75, 3.05) is 13.1 Å². The molecule has 1 aliphatic rings. The van der Waals surface area contributed by atoms with Gasteiger partial charge in [0.05, 0.1) is 12.1 Å². The summed E-state index contributed by atoms with van der Waals surface area (Å²) in [5, 5.41) is 12.5. The van der Waals surface area contributed by atoms with E-state index in [0.717, 1.165) is 44.6 Å². The number of nitrogens with zero attached hydrogens (tertiary/aromatic N) is 1. The summed E-state index contributed by atoms with van der Waals surface area (Å²) in [4.78, 5) is 50.5. The molecule has 11 nitrogen and oxygen atoms in total. The maximum atomic E-state index is 13.6. The minimum Gasteiger partial charge on any atom is -0.471 e. The molecule has 0 saturated carbocycles. The van der Waals surface area contributed by atoms with Crippen LogP contribution in [0.2, 0.25) is 0 Å². The molecule has 0 aromatic rings. The Kier molecular flexibility index (Phi) is 13.6. The number of unbranched alkanes of at least 4 members (excludes halogenated alkanes) is 6. The highest BCUT2D eigenvalue weighted by atomic mass is 19.4. The molecule has 0 bridgehead atoms. The fourth-order valence-corrected chi connectivity index (χ4v) is 3.97. The Hall–Kier alpha value is -3.32. The molecule has 0 aromatic heterocycles. The van der Waals surface area contributed by atoms with Gasteiger partial charge in [-0.1, -0.05) is 52.4 Å². The fraction of sp³-hybridized carbons (Fsp3) is 0.708. The largest absolute Gasteiger partial charge is 0.491 e. The second-order valence-electron chi connectivity index (χ2n) is 9.00. The highest BCUT2D eigenvalue weighted by molar-refractivity contribution is 5.97. The van der Waals surface area contributed by atoms with Crippen molar-refractivity contribution < 1.29 is 41.8 Å². The molecule has 2 amide bonds. The van der Waals surface area contributed by atoms with Gasteiger partial charge in [-0.15, -0.1) is 0 Å². The van der Waals surface area contributed by atoms with E-state index in [1.807, 2.05) is 6.92 Å². The lowest BCUT2D eigenvalue weighted by Gasteiger charge is -2.38. The van der Waals surface area contributed by atoms with Crippen molar-refractivity contribution in [2.45, 2.75) is 96.5 Å². The number of alkyl halides is 3. The van der Waals surface area contributed by atoms with E-state index < -0.39 is 59.8 Å². The number of amides is 2. The van der Waals surface area contributed by atoms with Crippen LogP contribution in [-0.2, 0) is 28.7 Å². The van der Waals surface area contributed by atoms with E-state index >= 15 is 0 Å². The van der Waals surface area contributed by atoms with Gasteiger partial charge in [-0.05, 0) is 18.9 Å². The first-order chi connectivity index (χ1) is 17.8. The lowest BCUT2D eigenvalue weighted by atomic mass is 9.96. The van der Waals surface area contributed by atoms with Crippen molar-refractivity contribution in [3.63, 3.8) is 0 Å². The van der Waals surface area contributed by atoms with Crippen molar-refractivity contribution in [1.29, 1.82) is 5.41 Å². The molecule has 1 aliphatic heterocycles. The van der Waals surface area contributed by atoms with E-state index in [2.05, 4.69) is 22.3 Å². The van der Waals surface area contributed by atoms with Gasteiger partial charge in [0.2, 0.25) is 11.7 Å². The molecular formula is C24H38F3N5O6. The highest BCUT2D eigenvalue weighted by Gasteiger charge is 2.46. The van der Waals surface area contributed by atoms with Gasteiger partial charge in [-0.3, -0.25) is 15.0 Å². The molecule has 0 spiro atoms. The molecule has 0 fully saturated rings. The summed E-state index contributed by atoms with van der Waals surface area (Å²) < 4.78 is 47.1. The van der Waals surface area contributed by atoms with Gasteiger partial charge in [-0.25, -0.2) is 9.59 Å². The number of esters is 2. The van der Waals surface area contributed by atoms with Gasteiger partial charge in [0.25, 0.3) is 5.91 Å². The zero-order chi connectivity index (χ0) is 28.9. The fourth-order valence-electron chi connectivity index (χ4n) is 3.97. The van der Waals surface area contributed by atoms with Gasteiger partial charge < -0.3 is 30.7 Å². The van der Waals surface area contributed by atoms with Crippen molar-refractivity contribution in [3.05, 3.63) is 11.8 Å². The smallest absolute Gasteiger partial charge is 0.471 e. The predicted octanol–water partition coefficient (Wildman–Crippen LogP) is 2.25. The molecule has 0 radical (unpaired) electrons. The van der Waals surface area contributed by atoms with E-state index in [1.54, 1.807) is 0 Å². The summed E-state index contributed by atoms with van der Waals surface area (Å²) in [6.07, 6.45) is 1.53. The molecule has 0 saturated heterocycles. The van der Waals surface area contributed by atoms with Crippen LogP contribution in [0.1, 0.15) is 72.1 Å². The quantitative estimate of drug-likeness (QED) is 0.0843.